The third kappa shape index (κ3) is 3.84. The number of aromatic nitrogens is 1. The Morgan fingerprint density at radius 3 is 2.69 bits per heavy atom. The fourth-order valence-electron chi connectivity index (χ4n) is 1.06. The molecule has 90 valence electrons. The lowest BCUT2D eigenvalue weighted by atomic mass is 10.3. The van der Waals surface area contributed by atoms with E-state index in [1.807, 2.05) is 0 Å². The molecule has 0 aliphatic carbocycles. The Labute approximate surface area is 97.5 Å². The molecule has 1 aromatic rings. The first-order valence-electron chi connectivity index (χ1n) is 4.26. The molecule has 0 atom stereocenters. The molecule has 0 aliphatic heterocycles. The lowest BCUT2D eigenvalue weighted by Crippen LogP contribution is -2.40. The van der Waals surface area contributed by atoms with E-state index in [0.29, 0.717) is 4.90 Å². The van der Waals surface area contributed by atoms with Crippen LogP contribution >= 0.6 is 15.9 Å². The van der Waals surface area contributed by atoms with E-state index in [-0.39, 0.29) is 17.6 Å². The number of hydrogen-bond acceptors (Lipinski definition) is 3. The van der Waals surface area contributed by atoms with Gasteiger partial charge in [-0.15, -0.1) is 0 Å². The van der Waals surface area contributed by atoms with Gasteiger partial charge in [0.2, 0.25) is 0 Å². The predicted molar refractivity (Wildman–Crippen MR) is 52.3 cm³/mol. The molecule has 0 saturated heterocycles. The largest absolute Gasteiger partial charge is 0.406 e. The van der Waals surface area contributed by atoms with Crippen LogP contribution in [0.15, 0.2) is 16.9 Å². The zero-order valence-corrected chi connectivity index (χ0v) is 9.58. The number of carbonyl (C=O) groups excluding carboxylic acids is 1. The zero-order chi connectivity index (χ0) is 12.2. The number of amides is 1. The summed E-state index contributed by atoms with van der Waals surface area (Å²) in [6, 6.07) is 1.22. The summed E-state index contributed by atoms with van der Waals surface area (Å²) in [5.41, 5.74) is -0.134. The summed E-state index contributed by atoms with van der Waals surface area (Å²) in [4.78, 5) is 12.2. The van der Waals surface area contributed by atoms with E-state index < -0.39 is 18.6 Å². The lowest BCUT2D eigenvalue weighted by Gasteiger charge is -2.21. The van der Waals surface area contributed by atoms with Crippen LogP contribution in [-0.4, -0.2) is 40.6 Å². The van der Waals surface area contributed by atoms with Crippen LogP contribution < -0.4 is 0 Å². The summed E-state index contributed by atoms with van der Waals surface area (Å²) in [5, 5.41) is 3.56. The molecule has 0 aromatic carbocycles. The minimum absolute atomic E-state index is 0.0504. The lowest BCUT2D eigenvalue weighted by molar-refractivity contribution is -0.140. The number of nitrogens with zero attached hydrogens (tertiary/aromatic N) is 2. The van der Waals surface area contributed by atoms with Gasteiger partial charge in [-0.1, -0.05) is 21.1 Å². The van der Waals surface area contributed by atoms with Crippen molar-refractivity contribution in [3.8, 4) is 0 Å². The predicted octanol–water partition coefficient (Wildman–Crippen LogP) is 2.07. The number of alkyl halides is 4. The normalized spacial score (nSPS) is 11.5. The molecule has 1 amide bonds. The summed E-state index contributed by atoms with van der Waals surface area (Å²) < 4.78 is 40.9. The Bertz CT molecular complexity index is 340. The zero-order valence-electron chi connectivity index (χ0n) is 8.00. The fourth-order valence-corrected chi connectivity index (χ4v) is 1.48. The van der Waals surface area contributed by atoms with Crippen molar-refractivity contribution in [2.75, 3.05) is 18.4 Å². The molecule has 0 bridgehead atoms. The van der Waals surface area contributed by atoms with E-state index in [9.17, 15) is 18.0 Å². The smallest absolute Gasteiger partial charge is 0.364 e. The second-order valence-corrected chi connectivity index (χ2v) is 3.71. The van der Waals surface area contributed by atoms with Gasteiger partial charge in [0.15, 0.2) is 5.69 Å². The average molecular weight is 301 g/mol. The number of halogens is 4. The molecular formula is C8H8BrF3N2O2. The third-order valence-corrected chi connectivity index (χ3v) is 2.02. The average Bonchev–Trinajstić information content (AvgIpc) is 2.66. The molecule has 4 nitrogen and oxygen atoms in total. The molecule has 1 rings (SSSR count). The van der Waals surface area contributed by atoms with Crippen LogP contribution in [-0.2, 0) is 0 Å². The number of rotatable bonds is 4. The molecule has 0 fully saturated rings. The second-order valence-electron chi connectivity index (χ2n) is 2.92. The Morgan fingerprint density at radius 2 is 2.25 bits per heavy atom. The van der Waals surface area contributed by atoms with Crippen LogP contribution in [0.25, 0.3) is 0 Å². The molecule has 0 unspecified atom stereocenters. The van der Waals surface area contributed by atoms with E-state index in [4.69, 9.17) is 0 Å². The van der Waals surface area contributed by atoms with Crippen LogP contribution in [0, 0.1) is 0 Å². The quantitative estimate of drug-likeness (QED) is 0.800. The van der Waals surface area contributed by atoms with Crippen LogP contribution in [0.3, 0.4) is 0 Å². The van der Waals surface area contributed by atoms with E-state index >= 15 is 0 Å². The first-order valence-corrected chi connectivity index (χ1v) is 5.38. The summed E-state index contributed by atoms with van der Waals surface area (Å²) in [6.07, 6.45) is -3.30. The highest BCUT2D eigenvalue weighted by atomic mass is 79.9. The topological polar surface area (TPSA) is 46.3 Å². The first kappa shape index (κ1) is 13.0. The van der Waals surface area contributed by atoms with Gasteiger partial charge in [-0.25, -0.2) is 0 Å². The number of carbonyl (C=O) groups is 1. The van der Waals surface area contributed by atoms with Crippen molar-refractivity contribution < 1.29 is 22.5 Å². The maximum Gasteiger partial charge on any atom is 0.406 e. The van der Waals surface area contributed by atoms with Crippen LogP contribution in [0.4, 0.5) is 13.2 Å². The van der Waals surface area contributed by atoms with Crippen molar-refractivity contribution in [1.82, 2.24) is 10.1 Å². The maximum absolute atomic E-state index is 12.2. The molecule has 8 heteroatoms. The van der Waals surface area contributed by atoms with Crippen LogP contribution in [0.5, 0.6) is 0 Å². The van der Waals surface area contributed by atoms with E-state index in [1.54, 1.807) is 0 Å². The van der Waals surface area contributed by atoms with E-state index in [1.165, 1.54) is 6.07 Å². The highest BCUT2D eigenvalue weighted by molar-refractivity contribution is 9.09. The van der Waals surface area contributed by atoms with Gasteiger partial charge in [0, 0.05) is 17.9 Å². The summed E-state index contributed by atoms with van der Waals surface area (Å²) in [7, 11) is 0. The van der Waals surface area contributed by atoms with Crippen molar-refractivity contribution >= 4 is 21.8 Å². The summed E-state index contributed by atoms with van der Waals surface area (Å²) in [6.45, 7) is -1.35. The van der Waals surface area contributed by atoms with Crippen molar-refractivity contribution in [3.05, 3.63) is 18.0 Å². The first-order chi connectivity index (χ1) is 7.44. The standard InChI is InChI=1S/C8H8BrF3N2O2/c9-2-3-14(5-8(10,11)12)7(15)6-1-4-16-13-6/h1,4H,2-3,5H2. The Balaban J connectivity index is 2.74. The van der Waals surface area contributed by atoms with Crippen LogP contribution in [0.1, 0.15) is 10.5 Å². The van der Waals surface area contributed by atoms with Gasteiger partial charge in [0.05, 0.1) is 0 Å². The number of hydrogen-bond donors (Lipinski definition) is 0. The highest BCUT2D eigenvalue weighted by Gasteiger charge is 2.33. The molecule has 1 aromatic heterocycles. The molecule has 0 aliphatic rings. The fraction of sp³-hybridized carbons (Fsp3) is 0.500. The summed E-state index contributed by atoms with van der Waals surface area (Å²) >= 11 is 2.98. The van der Waals surface area contributed by atoms with Gasteiger partial charge < -0.3 is 9.42 Å². The minimum atomic E-state index is -4.43. The van der Waals surface area contributed by atoms with Gasteiger partial charge in [-0.3, -0.25) is 4.79 Å². The van der Waals surface area contributed by atoms with Gasteiger partial charge in [-0.05, 0) is 0 Å². The molecular weight excluding hydrogens is 293 g/mol. The van der Waals surface area contributed by atoms with Gasteiger partial charge >= 0.3 is 6.18 Å². The summed E-state index contributed by atoms with van der Waals surface area (Å²) in [5.74, 6) is -0.800. The molecule has 1 heterocycles. The Hall–Kier alpha value is -1.05. The Morgan fingerprint density at radius 1 is 1.56 bits per heavy atom. The highest BCUT2D eigenvalue weighted by Crippen LogP contribution is 2.17. The minimum Gasteiger partial charge on any atom is -0.364 e. The van der Waals surface area contributed by atoms with E-state index in [2.05, 4.69) is 25.6 Å². The van der Waals surface area contributed by atoms with E-state index in [0.717, 1.165) is 6.26 Å². The van der Waals surface area contributed by atoms with Crippen molar-refractivity contribution in [2.24, 2.45) is 0 Å². The monoisotopic (exact) mass is 300 g/mol. The van der Waals surface area contributed by atoms with Gasteiger partial charge in [0.1, 0.15) is 12.8 Å². The van der Waals surface area contributed by atoms with Crippen molar-refractivity contribution in [1.29, 1.82) is 0 Å². The van der Waals surface area contributed by atoms with Gasteiger partial charge in [0.25, 0.3) is 5.91 Å². The molecule has 0 radical (unpaired) electrons. The van der Waals surface area contributed by atoms with Crippen LogP contribution in [0.2, 0.25) is 0 Å². The second kappa shape index (κ2) is 5.33. The molecule has 0 N–H and O–H groups in total. The molecule has 0 spiro atoms. The molecule has 0 saturated carbocycles. The van der Waals surface area contributed by atoms with Crippen molar-refractivity contribution in [2.45, 2.75) is 6.18 Å². The van der Waals surface area contributed by atoms with Crippen molar-refractivity contribution in [3.63, 3.8) is 0 Å². The molecule has 16 heavy (non-hydrogen) atoms. The maximum atomic E-state index is 12.2. The third-order valence-electron chi connectivity index (χ3n) is 1.67. The SMILES string of the molecule is O=C(c1ccon1)N(CCBr)CC(F)(F)F. The van der Waals surface area contributed by atoms with Gasteiger partial charge in [-0.2, -0.15) is 13.2 Å². The Kier molecular flexibility index (Phi) is 4.34.